The Hall–Kier alpha value is -3.25. The maximum Gasteiger partial charge on any atom is 0.376 e. The Balaban J connectivity index is 1.70. The average molecular weight is 562 g/mol. The lowest BCUT2D eigenvalue weighted by atomic mass is 10.00. The number of halogens is 3. The lowest BCUT2D eigenvalue weighted by Crippen LogP contribution is -2.53. The number of hydrogen-bond acceptors (Lipinski definition) is 7. The van der Waals surface area contributed by atoms with Gasteiger partial charge in [-0.1, -0.05) is 35.3 Å². The van der Waals surface area contributed by atoms with Crippen molar-refractivity contribution in [2.45, 2.75) is 24.7 Å². The molecular weight excluding hydrogens is 540 g/mol. The van der Waals surface area contributed by atoms with Gasteiger partial charge in [-0.25, -0.2) is 9.29 Å². The number of anilines is 2. The van der Waals surface area contributed by atoms with Gasteiger partial charge in [0.15, 0.2) is 0 Å². The van der Waals surface area contributed by atoms with Gasteiger partial charge >= 0.3 is 6.10 Å². The number of rotatable bonds is 6. The Kier molecular flexibility index (Phi) is 6.80. The van der Waals surface area contributed by atoms with E-state index >= 15 is 0 Å². The summed E-state index contributed by atoms with van der Waals surface area (Å²) in [7, 11) is 0. The molecule has 2 bridgehead atoms. The van der Waals surface area contributed by atoms with Crippen LogP contribution >= 0.6 is 23.2 Å². The van der Waals surface area contributed by atoms with Gasteiger partial charge in [-0.2, -0.15) is 0 Å². The minimum atomic E-state index is -3.72. The van der Waals surface area contributed by atoms with Crippen LogP contribution in [0.25, 0.3) is 11.1 Å². The molecule has 2 aliphatic rings. The van der Waals surface area contributed by atoms with Crippen LogP contribution in [0.5, 0.6) is 0 Å². The first kappa shape index (κ1) is 26.4. The molecule has 0 spiro atoms. The van der Waals surface area contributed by atoms with Gasteiger partial charge < -0.3 is 30.7 Å². The standard InChI is InChI=1S/C26H22Cl2FN3O6/c27-18-6-4-14(24(30)33)8-17(18)13-5-7-21(22(9-13)31-11-16-10-15(31)12-38-16)32(26(35,36)37)25(34)23-19(28)2-1-3-20(23)29/h1-9,15-16,35-37H,10-12H2,(H2,30,33). The van der Waals surface area contributed by atoms with Gasteiger partial charge in [-0.15, -0.1) is 0 Å². The smallest absolute Gasteiger partial charge is 0.374 e. The highest BCUT2D eigenvalue weighted by Crippen LogP contribution is 2.43. The van der Waals surface area contributed by atoms with Gasteiger partial charge in [0.25, 0.3) is 5.91 Å². The highest BCUT2D eigenvalue weighted by atomic mass is 35.5. The predicted octanol–water partition coefficient (Wildman–Crippen LogP) is 3.11. The molecule has 0 aromatic heterocycles. The van der Waals surface area contributed by atoms with Gasteiger partial charge in [0.05, 0.1) is 40.7 Å². The van der Waals surface area contributed by atoms with E-state index in [2.05, 4.69) is 0 Å². The monoisotopic (exact) mass is 561 g/mol. The fourth-order valence-corrected chi connectivity index (χ4v) is 5.40. The Morgan fingerprint density at radius 1 is 1.08 bits per heavy atom. The van der Waals surface area contributed by atoms with Crippen LogP contribution in [0.4, 0.5) is 15.8 Å². The van der Waals surface area contributed by atoms with Crippen LogP contribution in [0.1, 0.15) is 27.1 Å². The van der Waals surface area contributed by atoms with E-state index in [1.54, 1.807) is 6.07 Å². The molecule has 2 amide bonds. The molecule has 198 valence electrons. The Morgan fingerprint density at radius 2 is 1.84 bits per heavy atom. The fourth-order valence-electron chi connectivity index (χ4n) is 4.93. The molecule has 2 saturated heterocycles. The molecule has 0 saturated carbocycles. The second kappa shape index (κ2) is 9.81. The van der Waals surface area contributed by atoms with Crippen LogP contribution in [-0.2, 0) is 4.74 Å². The number of hydrogen-bond donors (Lipinski definition) is 4. The molecule has 3 aromatic rings. The summed E-state index contributed by atoms with van der Waals surface area (Å²) in [5.41, 5.74) is 6.12. The van der Waals surface area contributed by atoms with Crippen LogP contribution in [0, 0.1) is 5.82 Å². The largest absolute Gasteiger partial charge is 0.376 e. The molecular formula is C26H22Cl2FN3O6. The maximum atomic E-state index is 14.7. The Morgan fingerprint density at radius 3 is 2.45 bits per heavy atom. The molecule has 38 heavy (non-hydrogen) atoms. The molecule has 2 atom stereocenters. The van der Waals surface area contributed by atoms with Gasteiger partial charge in [0, 0.05) is 22.7 Å². The van der Waals surface area contributed by atoms with Crippen molar-refractivity contribution in [2.75, 3.05) is 23.0 Å². The quantitative estimate of drug-likeness (QED) is 0.339. The van der Waals surface area contributed by atoms with E-state index in [0.29, 0.717) is 41.4 Å². The van der Waals surface area contributed by atoms with Gasteiger partial charge in [0.1, 0.15) is 5.82 Å². The zero-order valence-electron chi connectivity index (χ0n) is 19.6. The summed E-state index contributed by atoms with van der Waals surface area (Å²) in [6.07, 6.45) is -3.12. The van der Waals surface area contributed by atoms with E-state index in [1.807, 2.05) is 4.90 Å². The molecule has 0 aliphatic carbocycles. The molecule has 2 aliphatic heterocycles. The van der Waals surface area contributed by atoms with Crippen molar-refractivity contribution < 1.29 is 34.0 Å². The lowest BCUT2D eigenvalue weighted by Gasteiger charge is -2.37. The number of fused-ring (bicyclic) bond motifs is 2. The van der Waals surface area contributed by atoms with Crippen molar-refractivity contribution >= 4 is 46.4 Å². The minimum absolute atomic E-state index is 0.0921. The van der Waals surface area contributed by atoms with Crippen molar-refractivity contribution in [2.24, 2.45) is 5.73 Å². The molecule has 5 rings (SSSR count). The van der Waals surface area contributed by atoms with Gasteiger partial charge in [0.2, 0.25) is 5.91 Å². The van der Waals surface area contributed by atoms with Crippen LogP contribution in [-0.4, -0.2) is 58.5 Å². The van der Waals surface area contributed by atoms with Gasteiger partial charge in [-0.3, -0.25) is 9.59 Å². The summed E-state index contributed by atoms with van der Waals surface area (Å²) in [6.45, 7) is 0.801. The van der Waals surface area contributed by atoms with E-state index in [4.69, 9.17) is 33.7 Å². The second-order valence-corrected chi connectivity index (χ2v) is 9.91. The third-order valence-corrected chi connectivity index (χ3v) is 7.31. The average Bonchev–Trinajstić information content (AvgIpc) is 3.47. The first-order valence-electron chi connectivity index (χ1n) is 11.5. The number of ether oxygens (including phenoxy) is 1. The van der Waals surface area contributed by atoms with Crippen LogP contribution < -0.4 is 15.5 Å². The fraction of sp³-hybridized carbons (Fsp3) is 0.231. The molecule has 3 aromatic carbocycles. The summed E-state index contributed by atoms with van der Waals surface area (Å²) < 4.78 is 20.4. The molecule has 2 fully saturated rings. The lowest BCUT2D eigenvalue weighted by molar-refractivity contribution is -0.304. The summed E-state index contributed by atoms with van der Waals surface area (Å²) in [5, 5.41) is 30.9. The van der Waals surface area contributed by atoms with Crippen LogP contribution in [0.15, 0.2) is 54.6 Å². The van der Waals surface area contributed by atoms with E-state index < -0.39 is 29.3 Å². The van der Waals surface area contributed by atoms with E-state index in [0.717, 1.165) is 6.07 Å². The highest BCUT2D eigenvalue weighted by Gasteiger charge is 2.44. The number of aliphatic hydroxyl groups is 3. The number of primary amides is 1. The number of carbonyl (C=O) groups is 2. The molecule has 2 heterocycles. The van der Waals surface area contributed by atoms with E-state index in [9.17, 15) is 29.3 Å². The van der Waals surface area contributed by atoms with Crippen molar-refractivity contribution in [1.29, 1.82) is 0 Å². The van der Waals surface area contributed by atoms with E-state index in [1.165, 1.54) is 42.5 Å². The minimum Gasteiger partial charge on any atom is -0.374 e. The zero-order valence-corrected chi connectivity index (χ0v) is 21.2. The molecule has 5 N–H and O–H groups in total. The summed E-state index contributed by atoms with van der Waals surface area (Å²) in [5.74, 6) is -2.96. The number of nitrogens with two attached hydrogens (primary N) is 1. The summed E-state index contributed by atoms with van der Waals surface area (Å²) in [6, 6.07) is 12.4. The SMILES string of the molecule is NC(=O)c1ccc(Cl)c(-c2ccc(N(C(=O)c3c(F)cccc3Cl)C(O)(O)O)c(N3CC4CC3CO4)c2)c1. The van der Waals surface area contributed by atoms with Crippen LogP contribution in [0.2, 0.25) is 10.0 Å². The Bertz CT molecular complexity index is 1430. The topological polar surface area (TPSA) is 137 Å². The number of morpholine rings is 1. The number of amides is 2. The first-order valence-corrected chi connectivity index (χ1v) is 12.3. The summed E-state index contributed by atoms with van der Waals surface area (Å²) >= 11 is 12.5. The van der Waals surface area contributed by atoms with Gasteiger partial charge in [-0.05, 0) is 54.4 Å². The number of benzene rings is 3. The maximum absolute atomic E-state index is 14.7. The molecule has 2 unspecified atom stereocenters. The Labute approximate surface area is 226 Å². The van der Waals surface area contributed by atoms with E-state index in [-0.39, 0.29) is 33.3 Å². The molecule has 12 heteroatoms. The van der Waals surface area contributed by atoms with Crippen molar-refractivity contribution in [1.82, 2.24) is 0 Å². The molecule has 0 radical (unpaired) electrons. The summed E-state index contributed by atoms with van der Waals surface area (Å²) in [4.78, 5) is 27.4. The zero-order chi connectivity index (χ0) is 27.4. The molecule has 9 nitrogen and oxygen atoms in total. The third-order valence-electron chi connectivity index (χ3n) is 6.67. The predicted molar refractivity (Wildman–Crippen MR) is 139 cm³/mol. The van der Waals surface area contributed by atoms with Crippen molar-refractivity contribution in [3.63, 3.8) is 0 Å². The third kappa shape index (κ3) is 4.71. The van der Waals surface area contributed by atoms with Crippen LogP contribution in [0.3, 0.4) is 0 Å². The number of carbonyl (C=O) groups excluding carboxylic acids is 2. The highest BCUT2D eigenvalue weighted by molar-refractivity contribution is 6.35. The van der Waals surface area contributed by atoms with Crippen molar-refractivity contribution in [3.05, 3.63) is 81.6 Å². The number of nitrogens with zero attached hydrogens (tertiary/aromatic N) is 2. The normalized spacial score (nSPS) is 18.6. The second-order valence-electron chi connectivity index (χ2n) is 9.10. The first-order chi connectivity index (χ1) is 18.0. The van der Waals surface area contributed by atoms with Crippen molar-refractivity contribution in [3.8, 4) is 11.1 Å².